The number of benzene rings is 1. The smallest absolute Gasteiger partial charge is 0.291 e. The van der Waals surface area contributed by atoms with Crippen LogP contribution in [0.15, 0.2) is 23.2 Å². The van der Waals surface area contributed by atoms with Gasteiger partial charge in [0.05, 0.1) is 29.3 Å². The molecule has 1 aliphatic heterocycles. The van der Waals surface area contributed by atoms with Crippen LogP contribution in [0.5, 0.6) is 0 Å². The van der Waals surface area contributed by atoms with Gasteiger partial charge in [0.15, 0.2) is 0 Å². The van der Waals surface area contributed by atoms with Gasteiger partial charge >= 0.3 is 0 Å². The van der Waals surface area contributed by atoms with Crippen molar-refractivity contribution >= 4 is 35.1 Å². The van der Waals surface area contributed by atoms with Gasteiger partial charge in [0, 0.05) is 12.2 Å². The molecule has 1 N–H and O–H groups in total. The second kappa shape index (κ2) is 9.11. The van der Waals surface area contributed by atoms with Crippen molar-refractivity contribution in [1.29, 1.82) is 0 Å². The Bertz CT molecular complexity index is 572. The molecule has 23 heavy (non-hydrogen) atoms. The van der Waals surface area contributed by atoms with Crippen LogP contribution in [-0.4, -0.2) is 37.8 Å². The predicted molar refractivity (Wildman–Crippen MR) is 91.4 cm³/mol. The number of aliphatic imine (C=N–C) groups is 1. The molecule has 1 unspecified atom stereocenters. The van der Waals surface area contributed by atoms with E-state index < -0.39 is 0 Å². The molecule has 0 bridgehead atoms. The Morgan fingerprint density at radius 1 is 1.43 bits per heavy atom. The lowest BCUT2D eigenvalue weighted by atomic mass is 10.2. The van der Waals surface area contributed by atoms with Crippen LogP contribution in [0.25, 0.3) is 0 Å². The maximum Gasteiger partial charge on any atom is 0.291 e. The van der Waals surface area contributed by atoms with E-state index in [2.05, 4.69) is 10.3 Å². The van der Waals surface area contributed by atoms with Gasteiger partial charge < -0.3 is 9.47 Å². The Morgan fingerprint density at radius 3 is 2.91 bits per heavy atom. The lowest BCUT2D eigenvalue weighted by molar-refractivity contribution is 0.0962. The fraction of sp³-hybridized carbons (Fsp3) is 0.500. The number of halogens is 2. The number of hydrogen-bond acceptors (Lipinski definition) is 4. The van der Waals surface area contributed by atoms with E-state index in [4.69, 9.17) is 32.7 Å². The highest BCUT2D eigenvalue weighted by Crippen LogP contribution is 2.22. The number of ether oxygens (including phenoxy) is 2. The average molecular weight is 359 g/mol. The molecular weight excluding hydrogens is 339 g/mol. The molecule has 1 saturated heterocycles. The largest absolute Gasteiger partial charge is 0.465 e. The van der Waals surface area contributed by atoms with Gasteiger partial charge in [-0.3, -0.25) is 10.1 Å². The molecule has 0 radical (unpaired) electrons. The summed E-state index contributed by atoms with van der Waals surface area (Å²) < 4.78 is 11.0. The minimum atomic E-state index is -0.342. The van der Waals surface area contributed by atoms with Gasteiger partial charge in [-0.05, 0) is 37.5 Å². The topological polar surface area (TPSA) is 59.9 Å². The van der Waals surface area contributed by atoms with Crippen LogP contribution in [0, 0.1) is 0 Å². The second-order valence-electron chi connectivity index (χ2n) is 5.21. The molecule has 1 aromatic carbocycles. The summed E-state index contributed by atoms with van der Waals surface area (Å²) in [6, 6.07) is 4.89. The minimum Gasteiger partial charge on any atom is -0.465 e. The first-order chi connectivity index (χ1) is 11.1. The summed E-state index contributed by atoms with van der Waals surface area (Å²) in [4.78, 5) is 16.6. The zero-order valence-electron chi connectivity index (χ0n) is 13.0. The van der Waals surface area contributed by atoms with E-state index in [1.165, 1.54) is 6.07 Å². The number of amidine groups is 1. The number of carbonyl (C=O) groups excluding carboxylic acids is 1. The van der Waals surface area contributed by atoms with Crippen LogP contribution in [0.2, 0.25) is 10.0 Å². The predicted octanol–water partition coefficient (Wildman–Crippen LogP) is 3.68. The van der Waals surface area contributed by atoms with Crippen LogP contribution < -0.4 is 5.32 Å². The maximum atomic E-state index is 12.3. The monoisotopic (exact) mass is 358 g/mol. The molecule has 0 aromatic heterocycles. The van der Waals surface area contributed by atoms with E-state index >= 15 is 0 Å². The molecule has 1 aliphatic rings. The number of hydrogen-bond donors (Lipinski definition) is 1. The van der Waals surface area contributed by atoms with Crippen molar-refractivity contribution in [2.75, 3.05) is 19.8 Å². The highest BCUT2D eigenvalue weighted by molar-refractivity contribution is 6.42. The normalized spacial score (nSPS) is 18.0. The van der Waals surface area contributed by atoms with Crippen molar-refractivity contribution in [2.45, 2.75) is 32.3 Å². The molecule has 2 rings (SSSR count). The average Bonchev–Trinajstić information content (AvgIpc) is 3.06. The summed E-state index contributed by atoms with van der Waals surface area (Å²) >= 11 is 11.8. The fourth-order valence-corrected chi connectivity index (χ4v) is 2.40. The highest BCUT2D eigenvalue weighted by atomic mass is 35.5. The molecule has 0 spiro atoms. The summed E-state index contributed by atoms with van der Waals surface area (Å²) in [6.45, 7) is 3.70. The molecule has 1 aromatic rings. The molecule has 1 atom stereocenters. The van der Waals surface area contributed by atoms with Crippen molar-refractivity contribution in [3.8, 4) is 0 Å². The van der Waals surface area contributed by atoms with E-state index in [-0.39, 0.29) is 18.0 Å². The van der Waals surface area contributed by atoms with Crippen LogP contribution in [0.4, 0.5) is 0 Å². The third kappa shape index (κ3) is 5.68. The molecule has 5 nitrogen and oxygen atoms in total. The maximum absolute atomic E-state index is 12.3. The third-order valence-corrected chi connectivity index (χ3v) is 4.05. The Labute approximate surface area is 146 Å². The van der Waals surface area contributed by atoms with Crippen molar-refractivity contribution in [2.24, 2.45) is 4.99 Å². The summed E-state index contributed by atoms with van der Waals surface area (Å²) in [5.74, 6) is -0.342. The molecule has 1 amide bonds. The number of amides is 1. The molecule has 0 saturated carbocycles. The lowest BCUT2D eigenvalue weighted by Gasteiger charge is -2.12. The number of nitrogens with one attached hydrogen (secondary N) is 1. The van der Waals surface area contributed by atoms with Gasteiger partial charge in [0.1, 0.15) is 0 Å². The Balaban J connectivity index is 2.01. The van der Waals surface area contributed by atoms with Gasteiger partial charge in [0.2, 0.25) is 0 Å². The molecular formula is C16H20Cl2N2O3. The molecule has 126 valence electrons. The van der Waals surface area contributed by atoms with Gasteiger partial charge in [-0.2, -0.15) is 0 Å². The van der Waals surface area contributed by atoms with Gasteiger partial charge in [-0.15, -0.1) is 0 Å². The first-order valence-electron chi connectivity index (χ1n) is 7.65. The highest BCUT2D eigenvalue weighted by Gasteiger charge is 2.16. The summed E-state index contributed by atoms with van der Waals surface area (Å²) in [5.41, 5.74) is 0.393. The minimum absolute atomic E-state index is 0.0945. The molecule has 0 aliphatic carbocycles. The standard InChI is InChI=1S/C16H20Cl2N2O3/c1-2-7-23-16(19-10-12-4-3-8-22-12)20-15(21)11-5-6-13(17)14(18)9-11/h5-6,9,12H,2-4,7-8,10H2,1H3,(H,19,20,21). The molecule has 1 heterocycles. The van der Waals surface area contributed by atoms with E-state index in [1.807, 2.05) is 6.92 Å². The number of rotatable bonds is 5. The van der Waals surface area contributed by atoms with Crippen LogP contribution in [0.3, 0.4) is 0 Å². The summed E-state index contributed by atoms with van der Waals surface area (Å²) in [6.07, 6.45) is 2.94. The molecule has 1 fully saturated rings. The summed E-state index contributed by atoms with van der Waals surface area (Å²) in [5, 5.41) is 3.40. The van der Waals surface area contributed by atoms with Gasteiger partial charge in [0.25, 0.3) is 11.9 Å². The van der Waals surface area contributed by atoms with Crippen LogP contribution >= 0.6 is 23.2 Å². The number of nitrogens with zero attached hydrogens (tertiary/aromatic N) is 1. The first-order valence-corrected chi connectivity index (χ1v) is 8.41. The van der Waals surface area contributed by atoms with Crippen molar-refractivity contribution < 1.29 is 14.3 Å². The van der Waals surface area contributed by atoms with E-state index in [1.54, 1.807) is 12.1 Å². The van der Waals surface area contributed by atoms with E-state index in [0.29, 0.717) is 28.8 Å². The van der Waals surface area contributed by atoms with Gasteiger partial charge in [-0.1, -0.05) is 30.1 Å². The van der Waals surface area contributed by atoms with Crippen molar-refractivity contribution in [1.82, 2.24) is 5.32 Å². The zero-order valence-corrected chi connectivity index (χ0v) is 14.5. The zero-order chi connectivity index (χ0) is 16.7. The first kappa shape index (κ1) is 18.0. The second-order valence-corrected chi connectivity index (χ2v) is 6.03. The van der Waals surface area contributed by atoms with Gasteiger partial charge in [-0.25, -0.2) is 4.99 Å². The van der Waals surface area contributed by atoms with Crippen LogP contribution in [-0.2, 0) is 9.47 Å². The summed E-state index contributed by atoms with van der Waals surface area (Å²) in [7, 11) is 0. The Kier molecular flexibility index (Phi) is 7.15. The Morgan fingerprint density at radius 2 is 2.26 bits per heavy atom. The quantitative estimate of drug-likeness (QED) is 0.644. The third-order valence-electron chi connectivity index (χ3n) is 3.31. The SMILES string of the molecule is CCCOC(=NCC1CCCO1)NC(=O)c1ccc(Cl)c(Cl)c1. The van der Waals surface area contributed by atoms with E-state index in [9.17, 15) is 4.79 Å². The lowest BCUT2D eigenvalue weighted by Crippen LogP contribution is -2.33. The van der Waals surface area contributed by atoms with E-state index in [0.717, 1.165) is 25.9 Å². The van der Waals surface area contributed by atoms with Crippen molar-refractivity contribution in [3.63, 3.8) is 0 Å². The van der Waals surface area contributed by atoms with Crippen molar-refractivity contribution in [3.05, 3.63) is 33.8 Å². The Hall–Kier alpha value is -1.30. The number of carbonyl (C=O) groups is 1. The fourth-order valence-electron chi connectivity index (χ4n) is 2.10. The molecule has 7 heteroatoms. The van der Waals surface area contributed by atoms with Crippen LogP contribution in [0.1, 0.15) is 36.5 Å².